The first-order valence-electron chi connectivity index (χ1n) is 11.0. The van der Waals surface area contributed by atoms with Crippen molar-refractivity contribution in [2.24, 2.45) is 5.73 Å². The minimum absolute atomic E-state index is 0.350. The lowest BCUT2D eigenvalue weighted by Crippen LogP contribution is -2.14. The van der Waals surface area contributed by atoms with E-state index in [1.54, 1.807) is 18.2 Å². The van der Waals surface area contributed by atoms with Gasteiger partial charge >= 0.3 is 5.97 Å². The van der Waals surface area contributed by atoms with Gasteiger partial charge in [0.25, 0.3) is 5.91 Å². The maximum absolute atomic E-state index is 11.7. The second-order valence-electron chi connectivity index (χ2n) is 7.36. The molecule has 0 fully saturated rings. The van der Waals surface area contributed by atoms with Crippen molar-refractivity contribution in [3.63, 3.8) is 0 Å². The summed E-state index contributed by atoms with van der Waals surface area (Å²) in [5, 5.41) is 0. The van der Waals surface area contributed by atoms with E-state index in [1.807, 2.05) is 19.1 Å². The number of ether oxygens (including phenoxy) is 4. The zero-order valence-electron chi connectivity index (χ0n) is 19.4. The number of esters is 1. The van der Waals surface area contributed by atoms with Gasteiger partial charge in [0.2, 0.25) is 0 Å². The Morgan fingerprint density at radius 1 is 0.875 bits per heavy atom. The van der Waals surface area contributed by atoms with Gasteiger partial charge in [0.05, 0.1) is 25.9 Å². The fourth-order valence-corrected chi connectivity index (χ4v) is 3.51. The molecular formula is C25H33NO6. The van der Waals surface area contributed by atoms with E-state index in [0.29, 0.717) is 54.6 Å². The highest BCUT2D eigenvalue weighted by Gasteiger charge is 2.18. The summed E-state index contributed by atoms with van der Waals surface area (Å²) in [6.45, 7) is 6.38. The Hall–Kier alpha value is -3.22. The van der Waals surface area contributed by atoms with Crippen LogP contribution in [0.3, 0.4) is 0 Å². The highest BCUT2D eigenvalue weighted by molar-refractivity contribution is 5.96. The first kappa shape index (κ1) is 25.0. The van der Waals surface area contributed by atoms with Crippen molar-refractivity contribution in [2.45, 2.75) is 52.9 Å². The van der Waals surface area contributed by atoms with Gasteiger partial charge in [0, 0.05) is 24.5 Å². The summed E-state index contributed by atoms with van der Waals surface area (Å²) < 4.78 is 22.7. The van der Waals surface area contributed by atoms with Gasteiger partial charge in [0.15, 0.2) is 0 Å². The molecular weight excluding hydrogens is 410 g/mol. The molecule has 1 amide bonds. The van der Waals surface area contributed by atoms with Crippen LogP contribution in [0.25, 0.3) is 0 Å². The molecule has 2 rings (SSSR count). The molecule has 0 aliphatic heterocycles. The van der Waals surface area contributed by atoms with Crippen molar-refractivity contribution in [3.8, 4) is 23.0 Å². The molecule has 0 heterocycles. The predicted octanol–water partition coefficient (Wildman–Crippen LogP) is 4.47. The molecule has 0 bridgehead atoms. The summed E-state index contributed by atoms with van der Waals surface area (Å²) >= 11 is 0. The molecule has 0 aliphatic carbocycles. The van der Waals surface area contributed by atoms with E-state index >= 15 is 0 Å². The van der Waals surface area contributed by atoms with Crippen LogP contribution >= 0.6 is 0 Å². The third kappa shape index (κ3) is 6.64. The van der Waals surface area contributed by atoms with Crippen molar-refractivity contribution in [1.82, 2.24) is 0 Å². The molecule has 0 saturated carbocycles. The average Bonchev–Trinajstić information content (AvgIpc) is 2.75. The van der Waals surface area contributed by atoms with Crippen molar-refractivity contribution in [2.75, 3.05) is 20.3 Å². The Kier molecular flexibility index (Phi) is 9.85. The number of carbonyl (C=O) groups is 2. The Morgan fingerprint density at radius 2 is 1.47 bits per heavy atom. The summed E-state index contributed by atoms with van der Waals surface area (Å²) in [6, 6.07) is 8.86. The van der Waals surface area contributed by atoms with Crippen LogP contribution in [0.2, 0.25) is 0 Å². The van der Waals surface area contributed by atoms with Crippen molar-refractivity contribution >= 4 is 11.9 Å². The lowest BCUT2D eigenvalue weighted by Gasteiger charge is -2.17. The number of carbonyl (C=O) groups excluding carboxylic acids is 2. The molecule has 0 unspecified atom stereocenters. The zero-order chi connectivity index (χ0) is 23.5. The molecule has 2 aromatic carbocycles. The largest absolute Gasteiger partial charge is 0.495 e. The fraction of sp³-hybridized carbons (Fsp3) is 0.440. The summed E-state index contributed by atoms with van der Waals surface area (Å²) in [5.41, 5.74) is 7.55. The average molecular weight is 444 g/mol. The molecule has 174 valence electrons. The van der Waals surface area contributed by atoms with Gasteiger partial charge in [-0.1, -0.05) is 32.8 Å². The second-order valence-corrected chi connectivity index (χ2v) is 7.36. The van der Waals surface area contributed by atoms with Gasteiger partial charge in [-0.25, -0.2) is 0 Å². The normalized spacial score (nSPS) is 10.5. The molecule has 7 heteroatoms. The lowest BCUT2D eigenvalue weighted by molar-refractivity contribution is -0.131. The molecule has 0 aliphatic rings. The number of nitrogens with two attached hydrogens (primary N) is 1. The van der Waals surface area contributed by atoms with E-state index in [9.17, 15) is 9.59 Å². The number of methoxy groups -OCH3 is 1. The number of hydrogen-bond acceptors (Lipinski definition) is 6. The zero-order valence-corrected chi connectivity index (χ0v) is 19.4. The van der Waals surface area contributed by atoms with Gasteiger partial charge in [-0.2, -0.15) is 0 Å². The van der Waals surface area contributed by atoms with Gasteiger partial charge in [-0.15, -0.1) is 0 Å². The van der Waals surface area contributed by atoms with Crippen LogP contribution in [0, 0.1) is 0 Å². The number of amides is 1. The third-order valence-corrected chi connectivity index (χ3v) is 4.83. The summed E-state index contributed by atoms with van der Waals surface area (Å²) in [7, 11) is 1.52. The van der Waals surface area contributed by atoms with E-state index in [2.05, 4.69) is 6.92 Å². The predicted molar refractivity (Wildman–Crippen MR) is 123 cm³/mol. The maximum atomic E-state index is 11.7. The second kappa shape index (κ2) is 12.6. The first-order chi connectivity index (χ1) is 15.4. The smallest absolute Gasteiger partial charge is 0.308 e. The van der Waals surface area contributed by atoms with Crippen LogP contribution in [-0.4, -0.2) is 32.2 Å². The van der Waals surface area contributed by atoms with E-state index < -0.39 is 5.91 Å². The Morgan fingerprint density at radius 3 is 2.03 bits per heavy atom. The molecule has 32 heavy (non-hydrogen) atoms. The molecule has 2 aromatic rings. The number of primary amides is 1. The Bertz CT molecular complexity index is 925. The van der Waals surface area contributed by atoms with Crippen LogP contribution < -0.4 is 24.7 Å². The monoisotopic (exact) mass is 443 g/mol. The summed E-state index contributed by atoms with van der Waals surface area (Å²) in [6.07, 6.45) is 3.88. The molecule has 0 saturated heterocycles. The highest BCUT2D eigenvalue weighted by Crippen LogP contribution is 2.34. The molecule has 0 aromatic heterocycles. The van der Waals surface area contributed by atoms with Crippen molar-refractivity contribution < 1.29 is 28.5 Å². The van der Waals surface area contributed by atoms with Crippen LogP contribution in [0.4, 0.5) is 0 Å². The summed E-state index contributed by atoms with van der Waals surface area (Å²) in [4.78, 5) is 23.1. The molecule has 0 radical (unpaired) electrons. The van der Waals surface area contributed by atoms with Crippen LogP contribution in [0.15, 0.2) is 30.3 Å². The standard InChI is InChI=1S/C25H33NO6/c1-5-9-18-21(11-7-12-23(18)32-17(3)27)30-15-8-16-31-22-14-13-20(25(26)28)24(29-4)19(22)10-6-2/h7,11-14H,5-6,8-10,15-16H2,1-4H3,(H2,26,28). The Labute approximate surface area is 189 Å². The van der Waals surface area contributed by atoms with E-state index in [0.717, 1.165) is 30.4 Å². The van der Waals surface area contributed by atoms with Gasteiger partial charge < -0.3 is 24.7 Å². The fourth-order valence-electron chi connectivity index (χ4n) is 3.51. The minimum Gasteiger partial charge on any atom is -0.495 e. The third-order valence-electron chi connectivity index (χ3n) is 4.83. The van der Waals surface area contributed by atoms with Gasteiger partial charge in [-0.05, 0) is 37.1 Å². The SMILES string of the molecule is CCCc1c(OCCCOc2ccc(C(N)=O)c(OC)c2CCC)cccc1OC(C)=O. The lowest BCUT2D eigenvalue weighted by atomic mass is 10.0. The first-order valence-corrected chi connectivity index (χ1v) is 11.0. The topological polar surface area (TPSA) is 97.1 Å². The number of hydrogen-bond donors (Lipinski definition) is 1. The van der Waals surface area contributed by atoms with E-state index in [1.165, 1.54) is 14.0 Å². The van der Waals surface area contributed by atoms with Crippen LogP contribution in [0.1, 0.15) is 61.5 Å². The molecule has 2 N–H and O–H groups in total. The highest BCUT2D eigenvalue weighted by atomic mass is 16.5. The summed E-state index contributed by atoms with van der Waals surface area (Å²) in [5.74, 6) is 1.52. The van der Waals surface area contributed by atoms with Crippen LogP contribution in [-0.2, 0) is 17.6 Å². The number of rotatable bonds is 13. The van der Waals surface area contributed by atoms with E-state index in [4.69, 9.17) is 24.7 Å². The van der Waals surface area contributed by atoms with Gasteiger partial charge in [0.1, 0.15) is 23.0 Å². The molecule has 0 atom stereocenters. The maximum Gasteiger partial charge on any atom is 0.308 e. The van der Waals surface area contributed by atoms with Crippen molar-refractivity contribution in [1.29, 1.82) is 0 Å². The quantitative estimate of drug-likeness (QED) is 0.279. The van der Waals surface area contributed by atoms with Crippen LogP contribution in [0.5, 0.6) is 23.0 Å². The molecule has 7 nitrogen and oxygen atoms in total. The number of benzene rings is 2. The molecule has 0 spiro atoms. The Balaban J connectivity index is 2.03. The van der Waals surface area contributed by atoms with Gasteiger partial charge in [-0.3, -0.25) is 9.59 Å². The minimum atomic E-state index is -0.530. The van der Waals surface area contributed by atoms with E-state index in [-0.39, 0.29) is 5.97 Å². The van der Waals surface area contributed by atoms with Crippen molar-refractivity contribution in [3.05, 3.63) is 47.0 Å².